The molecule has 1 amide bonds. The predicted molar refractivity (Wildman–Crippen MR) is 110 cm³/mol. The molecule has 168 valence electrons. The number of carbonyl (C=O) groups excluding carboxylic acids is 2. The maximum absolute atomic E-state index is 14.8. The number of nitrogens with two attached hydrogens (primary N) is 2. The van der Waals surface area contributed by atoms with Gasteiger partial charge in [0.1, 0.15) is 22.5 Å². The number of hydrogen-bond donors (Lipinski definition) is 2. The van der Waals surface area contributed by atoms with E-state index in [1.165, 1.54) is 6.92 Å². The molecule has 32 heavy (non-hydrogen) atoms. The van der Waals surface area contributed by atoms with Crippen molar-refractivity contribution in [3.05, 3.63) is 64.8 Å². The van der Waals surface area contributed by atoms with E-state index in [4.69, 9.17) is 11.5 Å². The Morgan fingerprint density at radius 2 is 1.81 bits per heavy atom. The number of nitrogen functional groups attached to an aromatic ring is 1. The van der Waals surface area contributed by atoms with Crippen LogP contribution in [0.25, 0.3) is 0 Å². The summed E-state index contributed by atoms with van der Waals surface area (Å²) in [6.07, 6.45) is -5.01. The number of ether oxygens (including phenoxy) is 1. The second kappa shape index (κ2) is 8.83. The second-order valence-electron chi connectivity index (χ2n) is 6.52. The number of halogens is 4. The van der Waals surface area contributed by atoms with Crippen molar-refractivity contribution >= 4 is 39.7 Å². The molecule has 7 nitrogen and oxygen atoms in total. The lowest BCUT2D eigenvalue weighted by atomic mass is 10.1. The van der Waals surface area contributed by atoms with Crippen molar-refractivity contribution in [2.45, 2.75) is 19.3 Å². The van der Waals surface area contributed by atoms with Crippen molar-refractivity contribution in [3.8, 4) is 5.75 Å². The minimum atomic E-state index is -5.01. The van der Waals surface area contributed by atoms with Gasteiger partial charge in [0.25, 0.3) is 0 Å². The number of amides is 1. The molecule has 0 saturated carbocycles. The van der Waals surface area contributed by atoms with Gasteiger partial charge in [-0.15, -0.1) is 13.2 Å². The second-order valence-corrected chi connectivity index (χ2v) is 7.49. The predicted octanol–water partition coefficient (Wildman–Crippen LogP) is 4.01. The summed E-state index contributed by atoms with van der Waals surface area (Å²) in [5.74, 6) is -3.39. The molecule has 0 bridgehead atoms. The van der Waals surface area contributed by atoms with Crippen molar-refractivity contribution in [2.75, 3.05) is 10.6 Å². The Hall–Kier alpha value is -3.67. The minimum absolute atomic E-state index is 0.0449. The van der Waals surface area contributed by atoms with Crippen LogP contribution in [-0.4, -0.2) is 29.1 Å². The van der Waals surface area contributed by atoms with Crippen molar-refractivity contribution in [1.29, 1.82) is 0 Å². The molecule has 0 aliphatic rings. The molecule has 4 N–H and O–H groups in total. The first kappa shape index (κ1) is 23.0. The quantitative estimate of drug-likeness (QED) is 0.400. The number of primary amides is 1. The van der Waals surface area contributed by atoms with E-state index in [0.29, 0.717) is 11.6 Å². The molecular formula is C20H16F4N4O3S. The van der Waals surface area contributed by atoms with Crippen LogP contribution in [0, 0.1) is 5.82 Å². The van der Waals surface area contributed by atoms with Gasteiger partial charge < -0.3 is 21.1 Å². The van der Waals surface area contributed by atoms with Gasteiger partial charge in [0.15, 0.2) is 10.9 Å². The molecule has 1 heterocycles. The van der Waals surface area contributed by atoms with Crippen molar-refractivity contribution < 1.29 is 31.9 Å². The number of benzene rings is 2. The average molecular weight is 468 g/mol. The molecule has 0 aliphatic heterocycles. The SMILES string of the molecule is C[C@H](C(N)=O)N(c1nc(N)c(C(=O)c2ccccc2)s1)c1ccc(OC(F)(F)F)cc1F. The van der Waals surface area contributed by atoms with Gasteiger partial charge in [-0.3, -0.25) is 9.59 Å². The van der Waals surface area contributed by atoms with Gasteiger partial charge in [-0.05, 0) is 19.1 Å². The Labute approximate surface area is 183 Å². The summed E-state index contributed by atoms with van der Waals surface area (Å²) in [6.45, 7) is 1.35. The standard InChI is InChI=1S/C20H16F4N4O3S/c1-10(18(26)30)28(14-8-7-12(9-13(14)21)31-20(22,23)24)19-27-17(25)16(32-19)15(29)11-5-3-2-4-6-11/h2-10H,25H2,1H3,(H2,26,30)/t10-/m1/s1. The molecule has 12 heteroatoms. The zero-order valence-corrected chi connectivity index (χ0v) is 17.2. The number of ketones is 1. The first-order valence-corrected chi connectivity index (χ1v) is 9.79. The fourth-order valence-corrected chi connectivity index (χ4v) is 3.83. The van der Waals surface area contributed by atoms with E-state index in [9.17, 15) is 27.2 Å². The lowest BCUT2D eigenvalue weighted by Crippen LogP contribution is -2.40. The fourth-order valence-electron chi connectivity index (χ4n) is 2.79. The summed E-state index contributed by atoms with van der Waals surface area (Å²) >= 11 is 0.789. The maximum Gasteiger partial charge on any atom is 0.573 e. The van der Waals surface area contributed by atoms with Crippen molar-refractivity contribution in [1.82, 2.24) is 4.98 Å². The van der Waals surface area contributed by atoms with E-state index in [0.717, 1.165) is 28.4 Å². The van der Waals surface area contributed by atoms with E-state index < -0.39 is 35.7 Å². The number of alkyl halides is 3. The van der Waals surface area contributed by atoms with Crippen LogP contribution in [0.5, 0.6) is 5.75 Å². The Morgan fingerprint density at radius 1 is 1.16 bits per heavy atom. The van der Waals surface area contributed by atoms with Crippen LogP contribution in [0.4, 0.5) is 34.2 Å². The number of carbonyl (C=O) groups is 2. The zero-order valence-electron chi connectivity index (χ0n) is 16.4. The van der Waals surface area contributed by atoms with Crippen LogP contribution in [-0.2, 0) is 4.79 Å². The van der Waals surface area contributed by atoms with Crippen LogP contribution in [0.15, 0.2) is 48.5 Å². The third-order valence-electron chi connectivity index (χ3n) is 4.30. The van der Waals surface area contributed by atoms with E-state index in [1.807, 2.05) is 0 Å². The Bertz CT molecular complexity index is 1150. The zero-order chi connectivity index (χ0) is 23.6. The van der Waals surface area contributed by atoms with Gasteiger partial charge in [-0.25, -0.2) is 9.37 Å². The van der Waals surface area contributed by atoms with Gasteiger partial charge in [0.05, 0.1) is 5.69 Å². The lowest BCUT2D eigenvalue weighted by molar-refractivity contribution is -0.274. The van der Waals surface area contributed by atoms with Crippen LogP contribution in [0.2, 0.25) is 0 Å². The third-order valence-corrected chi connectivity index (χ3v) is 5.37. The third kappa shape index (κ3) is 4.97. The first-order chi connectivity index (χ1) is 15.0. The molecule has 0 spiro atoms. The number of nitrogens with zero attached hydrogens (tertiary/aromatic N) is 2. The molecule has 0 unspecified atom stereocenters. The van der Waals surface area contributed by atoms with E-state index in [-0.39, 0.29) is 21.5 Å². The number of anilines is 3. The van der Waals surface area contributed by atoms with Gasteiger partial charge in [0.2, 0.25) is 11.7 Å². The minimum Gasteiger partial charge on any atom is -0.406 e. The Morgan fingerprint density at radius 3 is 2.38 bits per heavy atom. The highest BCUT2D eigenvalue weighted by Gasteiger charge is 2.33. The van der Waals surface area contributed by atoms with E-state index in [1.54, 1.807) is 30.3 Å². The molecular weight excluding hydrogens is 452 g/mol. The van der Waals surface area contributed by atoms with Crippen molar-refractivity contribution in [3.63, 3.8) is 0 Å². The van der Waals surface area contributed by atoms with Gasteiger partial charge >= 0.3 is 6.36 Å². The van der Waals surface area contributed by atoms with Gasteiger partial charge in [-0.1, -0.05) is 41.7 Å². The normalized spacial score (nSPS) is 12.3. The molecule has 2 aromatic carbocycles. The smallest absolute Gasteiger partial charge is 0.406 e. The van der Waals surface area contributed by atoms with Crippen molar-refractivity contribution in [2.24, 2.45) is 5.73 Å². The summed E-state index contributed by atoms with van der Waals surface area (Å²) < 4.78 is 55.7. The van der Waals surface area contributed by atoms with Gasteiger partial charge in [-0.2, -0.15) is 0 Å². The largest absolute Gasteiger partial charge is 0.573 e. The first-order valence-electron chi connectivity index (χ1n) is 8.98. The number of rotatable bonds is 7. The molecule has 1 atom stereocenters. The summed E-state index contributed by atoms with van der Waals surface area (Å²) in [6, 6.07) is 9.38. The summed E-state index contributed by atoms with van der Waals surface area (Å²) in [5, 5.41) is -0.0449. The highest BCUT2D eigenvalue weighted by Crippen LogP contribution is 2.38. The Balaban J connectivity index is 2.05. The number of hydrogen-bond acceptors (Lipinski definition) is 7. The highest BCUT2D eigenvalue weighted by molar-refractivity contribution is 7.18. The Kier molecular flexibility index (Phi) is 6.35. The van der Waals surface area contributed by atoms with Gasteiger partial charge in [0, 0.05) is 11.6 Å². The molecule has 3 rings (SSSR count). The topological polar surface area (TPSA) is 112 Å². The van der Waals surface area contributed by atoms with Crippen LogP contribution in [0.1, 0.15) is 22.2 Å². The maximum atomic E-state index is 14.8. The molecule has 0 saturated heterocycles. The molecule has 0 fully saturated rings. The summed E-state index contributed by atoms with van der Waals surface area (Å²) in [5.41, 5.74) is 11.3. The van der Waals surface area contributed by atoms with Crippen LogP contribution < -0.4 is 21.1 Å². The molecule has 1 aromatic heterocycles. The van der Waals surface area contributed by atoms with E-state index >= 15 is 0 Å². The number of aromatic nitrogens is 1. The fraction of sp³-hybridized carbons (Fsp3) is 0.150. The lowest BCUT2D eigenvalue weighted by Gasteiger charge is -2.27. The molecule has 0 aliphatic carbocycles. The highest BCUT2D eigenvalue weighted by atomic mass is 32.1. The van der Waals surface area contributed by atoms with Crippen LogP contribution >= 0.6 is 11.3 Å². The molecule has 3 aromatic rings. The summed E-state index contributed by atoms with van der Waals surface area (Å²) in [7, 11) is 0. The number of thiazole rings is 1. The van der Waals surface area contributed by atoms with E-state index in [2.05, 4.69) is 9.72 Å². The average Bonchev–Trinajstić information content (AvgIpc) is 3.09. The molecule has 0 radical (unpaired) electrons. The van der Waals surface area contributed by atoms with Crippen LogP contribution in [0.3, 0.4) is 0 Å². The monoisotopic (exact) mass is 468 g/mol. The summed E-state index contributed by atoms with van der Waals surface area (Å²) in [4.78, 5) is 29.8.